The maximum atomic E-state index is 6.27. The summed E-state index contributed by atoms with van der Waals surface area (Å²) in [5.41, 5.74) is 4.63. The molecule has 0 saturated heterocycles. The van der Waals surface area contributed by atoms with Crippen molar-refractivity contribution >= 4 is 34.6 Å². The van der Waals surface area contributed by atoms with Gasteiger partial charge in [-0.05, 0) is 55.7 Å². The van der Waals surface area contributed by atoms with E-state index >= 15 is 0 Å². The van der Waals surface area contributed by atoms with Crippen LogP contribution < -0.4 is 10.6 Å². The number of fused-ring (bicyclic) bond motifs is 6. The van der Waals surface area contributed by atoms with Gasteiger partial charge in [-0.2, -0.15) is 0 Å². The lowest BCUT2D eigenvalue weighted by atomic mass is 9.95. The molecule has 130 valence electrons. The van der Waals surface area contributed by atoms with Crippen LogP contribution in [-0.4, -0.2) is 11.4 Å². The quantitative estimate of drug-likeness (QED) is 0.482. The molecule has 5 heteroatoms. The Morgan fingerprint density at radius 1 is 0.920 bits per heavy atom. The van der Waals surface area contributed by atoms with Crippen LogP contribution in [0, 0.1) is 0 Å². The summed E-state index contributed by atoms with van der Waals surface area (Å²) >= 11 is 12.5. The van der Waals surface area contributed by atoms with Gasteiger partial charge in [-0.15, -0.1) is 6.58 Å². The lowest BCUT2D eigenvalue weighted by molar-refractivity contribution is 0.144. The SMILES string of the molecule is C=CCCCCN1C2Nc3ccc(Cl)cc3C1Nc1ccc(Cl)cc12. The van der Waals surface area contributed by atoms with Crippen LogP contribution in [0.4, 0.5) is 11.4 Å². The van der Waals surface area contributed by atoms with Gasteiger partial charge in [0.1, 0.15) is 12.3 Å². The predicted molar refractivity (Wildman–Crippen MR) is 106 cm³/mol. The van der Waals surface area contributed by atoms with E-state index in [4.69, 9.17) is 23.2 Å². The summed E-state index contributed by atoms with van der Waals surface area (Å²) < 4.78 is 0. The fourth-order valence-corrected chi connectivity index (χ4v) is 4.11. The zero-order valence-electron chi connectivity index (χ0n) is 13.9. The van der Waals surface area contributed by atoms with Crippen molar-refractivity contribution in [2.45, 2.75) is 31.6 Å². The Kier molecular flexibility index (Phi) is 4.63. The van der Waals surface area contributed by atoms with Crippen LogP contribution in [0.5, 0.6) is 0 Å². The van der Waals surface area contributed by atoms with Crippen LogP contribution in [0.2, 0.25) is 10.0 Å². The Morgan fingerprint density at radius 2 is 1.48 bits per heavy atom. The second kappa shape index (κ2) is 6.91. The van der Waals surface area contributed by atoms with E-state index < -0.39 is 0 Å². The van der Waals surface area contributed by atoms with Crippen LogP contribution in [0.3, 0.4) is 0 Å². The summed E-state index contributed by atoms with van der Waals surface area (Å²) in [4.78, 5) is 2.46. The maximum Gasteiger partial charge on any atom is 0.110 e. The van der Waals surface area contributed by atoms with Gasteiger partial charge in [-0.3, -0.25) is 4.90 Å². The Hall–Kier alpha value is -1.68. The highest BCUT2D eigenvalue weighted by molar-refractivity contribution is 6.31. The fraction of sp³-hybridized carbons (Fsp3) is 0.300. The van der Waals surface area contributed by atoms with Gasteiger partial charge in [0.2, 0.25) is 0 Å². The minimum Gasteiger partial charge on any atom is -0.365 e. The van der Waals surface area contributed by atoms with E-state index in [1.54, 1.807) is 0 Å². The molecular weight excluding hydrogens is 353 g/mol. The van der Waals surface area contributed by atoms with Gasteiger partial charge in [0.15, 0.2) is 0 Å². The number of nitrogens with one attached hydrogen (secondary N) is 2. The molecule has 2 heterocycles. The van der Waals surface area contributed by atoms with E-state index in [2.05, 4.69) is 46.4 Å². The molecule has 0 spiro atoms. The Morgan fingerprint density at radius 3 is 2.00 bits per heavy atom. The standard InChI is InChI=1S/C20H21Cl2N3/c1-2-3-4-5-10-25-19-15-11-13(21)6-8-17(15)23-20(25)16-12-14(22)7-9-18(16)24-19/h2,6-9,11-12,19-20,23-24H,1,3-5,10H2. The average molecular weight is 374 g/mol. The van der Waals surface area contributed by atoms with Crippen molar-refractivity contribution in [2.24, 2.45) is 0 Å². The molecule has 2 bridgehead atoms. The number of hydrogen-bond donors (Lipinski definition) is 2. The van der Waals surface area contributed by atoms with E-state index in [9.17, 15) is 0 Å². The van der Waals surface area contributed by atoms with Gasteiger partial charge in [-0.25, -0.2) is 0 Å². The Bertz CT molecular complexity index is 746. The summed E-state index contributed by atoms with van der Waals surface area (Å²) in [6, 6.07) is 12.1. The number of hydrogen-bond acceptors (Lipinski definition) is 3. The van der Waals surface area contributed by atoms with Crippen molar-refractivity contribution in [1.82, 2.24) is 4.90 Å². The van der Waals surface area contributed by atoms with Gasteiger partial charge in [0.25, 0.3) is 0 Å². The van der Waals surface area contributed by atoms with Gasteiger partial charge in [-0.1, -0.05) is 29.3 Å². The smallest absolute Gasteiger partial charge is 0.110 e. The molecule has 0 aromatic heterocycles. The van der Waals surface area contributed by atoms with Gasteiger partial charge in [0, 0.05) is 39.1 Å². The van der Waals surface area contributed by atoms with E-state index in [0.29, 0.717) is 0 Å². The summed E-state index contributed by atoms with van der Waals surface area (Å²) in [5, 5.41) is 8.87. The molecular formula is C20H21Cl2N3. The van der Waals surface area contributed by atoms with Crippen LogP contribution >= 0.6 is 23.2 Å². The van der Waals surface area contributed by atoms with Crippen molar-refractivity contribution in [3.63, 3.8) is 0 Å². The molecule has 2 aromatic rings. The highest BCUT2D eigenvalue weighted by Gasteiger charge is 2.39. The molecule has 0 fully saturated rings. The number of allylic oxidation sites excluding steroid dienone is 1. The number of halogens is 2. The van der Waals surface area contributed by atoms with E-state index in [0.717, 1.165) is 47.2 Å². The Balaban J connectivity index is 1.71. The third-order valence-electron chi connectivity index (χ3n) is 4.94. The number of nitrogens with zero attached hydrogens (tertiary/aromatic N) is 1. The normalized spacial score (nSPS) is 20.9. The second-order valence-electron chi connectivity index (χ2n) is 6.58. The second-order valence-corrected chi connectivity index (χ2v) is 7.45. The molecule has 2 unspecified atom stereocenters. The molecule has 25 heavy (non-hydrogen) atoms. The van der Waals surface area contributed by atoms with Gasteiger partial charge in [0.05, 0.1) is 0 Å². The van der Waals surface area contributed by atoms with Crippen molar-refractivity contribution in [3.8, 4) is 0 Å². The average Bonchev–Trinajstić information content (AvgIpc) is 2.60. The van der Waals surface area contributed by atoms with Gasteiger partial charge < -0.3 is 10.6 Å². The van der Waals surface area contributed by atoms with Crippen LogP contribution in [-0.2, 0) is 0 Å². The predicted octanol–water partition coefficient (Wildman–Crippen LogP) is 6.20. The number of rotatable bonds is 5. The lowest BCUT2D eigenvalue weighted by Gasteiger charge is -2.49. The zero-order valence-corrected chi connectivity index (χ0v) is 15.4. The molecule has 2 aromatic carbocycles. The monoisotopic (exact) mass is 373 g/mol. The molecule has 0 amide bonds. The van der Waals surface area contributed by atoms with E-state index in [1.807, 2.05) is 18.2 Å². The van der Waals surface area contributed by atoms with Crippen molar-refractivity contribution in [1.29, 1.82) is 0 Å². The topological polar surface area (TPSA) is 27.3 Å². The number of anilines is 2. The molecule has 2 atom stereocenters. The molecule has 2 aliphatic heterocycles. The van der Waals surface area contributed by atoms with Crippen LogP contribution in [0.15, 0.2) is 49.1 Å². The first-order valence-corrected chi connectivity index (χ1v) is 9.41. The van der Waals surface area contributed by atoms with E-state index in [-0.39, 0.29) is 12.3 Å². The molecule has 2 N–H and O–H groups in total. The van der Waals surface area contributed by atoms with Crippen molar-refractivity contribution < 1.29 is 0 Å². The van der Waals surface area contributed by atoms with Crippen molar-refractivity contribution in [2.75, 3.05) is 17.2 Å². The summed E-state index contributed by atoms with van der Waals surface area (Å²) in [7, 11) is 0. The first-order valence-electron chi connectivity index (χ1n) is 8.66. The summed E-state index contributed by atoms with van der Waals surface area (Å²) in [5.74, 6) is 0. The minimum absolute atomic E-state index is 0.109. The molecule has 0 radical (unpaired) electrons. The summed E-state index contributed by atoms with van der Waals surface area (Å²) in [6.07, 6.45) is 5.51. The van der Waals surface area contributed by atoms with Crippen molar-refractivity contribution in [3.05, 3.63) is 70.2 Å². The fourth-order valence-electron chi connectivity index (χ4n) is 3.75. The number of benzene rings is 2. The highest BCUT2D eigenvalue weighted by Crippen LogP contribution is 2.47. The summed E-state index contributed by atoms with van der Waals surface area (Å²) in [6.45, 7) is 4.80. The van der Waals surface area contributed by atoms with E-state index in [1.165, 1.54) is 11.1 Å². The highest BCUT2D eigenvalue weighted by atomic mass is 35.5. The molecule has 3 nitrogen and oxygen atoms in total. The molecule has 0 aliphatic carbocycles. The minimum atomic E-state index is 0.109. The Labute approximate surface area is 158 Å². The third-order valence-corrected chi connectivity index (χ3v) is 5.41. The first-order chi connectivity index (χ1) is 12.2. The van der Waals surface area contributed by atoms with Crippen LogP contribution in [0.25, 0.3) is 0 Å². The number of unbranched alkanes of at least 4 members (excludes halogenated alkanes) is 2. The lowest BCUT2D eigenvalue weighted by Crippen LogP contribution is -2.47. The molecule has 4 rings (SSSR count). The molecule has 2 aliphatic rings. The van der Waals surface area contributed by atoms with Crippen LogP contribution in [0.1, 0.15) is 42.7 Å². The largest absolute Gasteiger partial charge is 0.365 e. The first kappa shape index (κ1) is 16.8. The third kappa shape index (κ3) is 3.12. The zero-order chi connectivity index (χ0) is 17.4. The van der Waals surface area contributed by atoms with Gasteiger partial charge >= 0.3 is 0 Å². The molecule has 0 saturated carbocycles. The maximum absolute atomic E-state index is 6.27.